The molecule has 144 valence electrons. The van der Waals surface area contributed by atoms with Gasteiger partial charge in [-0.25, -0.2) is 4.79 Å². The lowest BCUT2D eigenvalue weighted by Crippen LogP contribution is -2.08. The van der Waals surface area contributed by atoms with Crippen LogP contribution in [0.3, 0.4) is 0 Å². The van der Waals surface area contributed by atoms with Crippen molar-refractivity contribution in [3.05, 3.63) is 110 Å². The van der Waals surface area contributed by atoms with Gasteiger partial charge < -0.3 is 4.84 Å². The number of aromatic nitrogens is 1. The van der Waals surface area contributed by atoms with Gasteiger partial charge in [-0.2, -0.15) is 0 Å². The molecular weight excluding hydrogens is 380 g/mol. The number of carbonyl (C=O) groups is 1. The van der Waals surface area contributed by atoms with Gasteiger partial charge >= 0.3 is 5.97 Å². The van der Waals surface area contributed by atoms with Crippen molar-refractivity contribution in [1.29, 1.82) is 0 Å². The smallest absolute Gasteiger partial charge is 0.312 e. The van der Waals surface area contributed by atoms with Gasteiger partial charge in [0.15, 0.2) is 0 Å². The largest absolute Gasteiger partial charge is 0.366 e. The van der Waals surface area contributed by atoms with E-state index in [2.05, 4.69) is 10.1 Å². The summed E-state index contributed by atoms with van der Waals surface area (Å²) in [7, 11) is 0. The van der Waals surface area contributed by atoms with Crippen LogP contribution in [0.25, 0.3) is 0 Å². The van der Waals surface area contributed by atoms with E-state index in [9.17, 15) is 25.0 Å². The Morgan fingerprint density at radius 3 is 1.93 bits per heavy atom. The zero-order chi connectivity index (χ0) is 20.8. The first-order valence-corrected chi connectivity index (χ1v) is 8.15. The Morgan fingerprint density at radius 1 is 0.828 bits per heavy atom. The van der Waals surface area contributed by atoms with Crippen LogP contribution in [0, 0.1) is 20.2 Å². The Bertz CT molecular complexity index is 1030. The zero-order valence-electron chi connectivity index (χ0n) is 14.7. The van der Waals surface area contributed by atoms with Crippen LogP contribution in [0.1, 0.15) is 21.5 Å². The molecule has 0 aliphatic rings. The highest BCUT2D eigenvalue weighted by Crippen LogP contribution is 2.23. The van der Waals surface area contributed by atoms with Crippen LogP contribution in [-0.4, -0.2) is 26.5 Å². The lowest BCUT2D eigenvalue weighted by Gasteiger charge is -2.06. The highest BCUT2D eigenvalue weighted by Gasteiger charge is 2.21. The minimum absolute atomic E-state index is 0.321. The van der Waals surface area contributed by atoms with E-state index in [1.807, 2.05) is 6.07 Å². The van der Waals surface area contributed by atoms with E-state index in [4.69, 9.17) is 4.84 Å². The van der Waals surface area contributed by atoms with Crippen molar-refractivity contribution in [3.63, 3.8) is 0 Å². The molecule has 3 rings (SSSR count). The number of hydrogen-bond acceptors (Lipinski definition) is 8. The lowest BCUT2D eigenvalue weighted by molar-refractivity contribution is -0.394. The molecule has 0 radical (unpaired) electrons. The monoisotopic (exact) mass is 392 g/mol. The Kier molecular flexibility index (Phi) is 5.64. The molecule has 29 heavy (non-hydrogen) atoms. The van der Waals surface area contributed by atoms with Gasteiger partial charge in [-0.15, -0.1) is 0 Å². The van der Waals surface area contributed by atoms with Crippen LogP contribution in [0.4, 0.5) is 11.4 Å². The molecule has 10 heteroatoms. The maximum absolute atomic E-state index is 12.4. The summed E-state index contributed by atoms with van der Waals surface area (Å²) >= 11 is 0. The summed E-state index contributed by atoms with van der Waals surface area (Å²) in [6, 6.07) is 14.7. The van der Waals surface area contributed by atoms with Gasteiger partial charge in [0.1, 0.15) is 5.71 Å². The van der Waals surface area contributed by atoms with E-state index in [1.54, 1.807) is 48.8 Å². The fourth-order valence-electron chi connectivity index (χ4n) is 2.44. The topological polar surface area (TPSA) is 138 Å². The summed E-state index contributed by atoms with van der Waals surface area (Å²) in [5, 5.41) is 25.9. The van der Waals surface area contributed by atoms with Crippen molar-refractivity contribution in [2.24, 2.45) is 5.16 Å². The number of rotatable bonds is 6. The van der Waals surface area contributed by atoms with Gasteiger partial charge in [0.2, 0.25) is 0 Å². The van der Waals surface area contributed by atoms with Crippen LogP contribution in [-0.2, 0) is 4.84 Å². The summed E-state index contributed by atoms with van der Waals surface area (Å²) < 4.78 is 0. The maximum Gasteiger partial charge on any atom is 0.366 e. The highest BCUT2D eigenvalue weighted by molar-refractivity contribution is 6.12. The zero-order valence-corrected chi connectivity index (χ0v) is 14.7. The van der Waals surface area contributed by atoms with Gasteiger partial charge in [0.25, 0.3) is 11.4 Å². The Labute approximate surface area is 163 Å². The third-order valence-corrected chi connectivity index (χ3v) is 3.78. The van der Waals surface area contributed by atoms with Gasteiger partial charge in [-0.05, 0) is 12.1 Å². The van der Waals surface area contributed by atoms with Crippen molar-refractivity contribution < 1.29 is 19.5 Å². The first-order chi connectivity index (χ1) is 14.0. The summed E-state index contributed by atoms with van der Waals surface area (Å²) in [6.07, 6.45) is 3.08. The number of hydrogen-bond donors (Lipinski definition) is 0. The van der Waals surface area contributed by atoms with Crippen molar-refractivity contribution in [2.75, 3.05) is 0 Å². The molecule has 0 N–H and O–H groups in total. The molecule has 0 aliphatic carbocycles. The molecule has 0 bridgehead atoms. The number of oxime groups is 1. The number of non-ortho nitro benzene ring substituents is 2. The molecule has 0 fully saturated rings. The number of nitro groups is 2. The molecule has 0 saturated carbocycles. The van der Waals surface area contributed by atoms with E-state index in [1.165, 1.54) is 0 Å². The average Bonchev–Trinajstić information content (AvgIpc) is 2.75. The number of pyridine rings is 1. The predicted octanol–water partition coefficient (Wildman–Crippen LogP) is 3.51. The summed E-state index contributed by atoms with van der Waals surface area (Å²) in [4.78, 5) is 41.6. The van der Waals surface area contributed by atoms with Crippen molar-refractivity contribution in [3.8, 4) is 0 Å². The van der Waals surface area contributed by atoms with Gasteiger partial charge in [-0.1, -0.05) is 35.5 Å². The summed E-state index contributed by atoms with van der Waals surface area (Å²) in [5.74, 6) is -1.07. The third kappa shape index (κ3) is 4.63. The Morgan fingerprint density at radius 2 is 1.38 bits per heavy atom. The van der Waals surface area contributed by atoms with Crippen LogP contribution < -0.4 is 0 Å². The summed E-state index contributed by atoms with van der Waals surface area (Å²) in [6.45, 7) is 0. The molecule has 2 aromatic carbocycles. The standard InChI is InChI=1S/C19H12N4O6/c24-19(15-10-16(22(25)26)12-17(11-15)23(27)28)29-21-18(13-4-2-1-3-5-13)14-6-8-20-9-7-14/h1-12H/b21-18+. The Balaban J connectivity index is 1.97. The first kappa shape index (κ1) is 19.3. The average molecular weight is 392 g/mol. The quantitative estimate of drug-likeness (QED) is 0.271. The normalized spacial score (nSPS) is 11.0. The van der Waals surface area contributed by atoms with Crippen LogP contribution >= 0.6 is 0 Å². The van der Waals surface area contributed by atoms with Crippen LogP contribution in [0.15, 0.2) is 78.2 Å². The second-order valence-corrected chi connectivity index (χ2v) is 5.67. The fourth-order valence-corrected chi connectivity index (χ4v) is 2.44. The fraction of sp³-hybridized carbons (Fsp3) is 0. The molecule has 1 heterocycles. The van der Waals surface area contributed by atoms with Gasteiger partial charge in [-0.3, -0.25) is 25.2 Å². The second kappa shape index (κ2) is 8.48. The molecule has 0 aliphatic heterocycles. The minimum atomic E-state index is -1.07. The molecule has 3 aromatic rings. The van der Waals surface area contributed by atoms with Gasteiger partial charge in [0, 0.05) is 35.7 Å². The van der Waals surface area contributed by atoms with E-state index < -0.39 is 27.2 Å². The molecule has 10 nitrogen and oxygen atoms in total. The molecule has 0 saturated heterocycles. The van der Waals surface area contributed by atoms with Crippen LogP contribution in [0.5, 0.6) is 0 Å². The van der Waals surface area contributed by atoms with E-state index in [0.29, 0.717) is 16.8 Å². The molecule has 0 atom stereocenters. The van der Waals surface area contributed by atoms with Crippen molar-refractivity contribution in [1.82, 2.24) is 4.98 Å². The maximum atomic E-state index is 12.4. The summed E-state index contributed by atoms with van der Waals surface area (Å²) in [5.41, 5.74) is 0.0127. The van der Waals surface area contributed by atoms with E-state index >= 15 is 0 Å². The van der Waals surface area contributed by atoms with Crippen molar-refractivity contribution >= 4 is 23.1 Å². The molecule has 0 unspecified atom stereocenters. The van der Waals surface area contributed by atoms with Crippen LogP contribution in [0.2, 0.25) is 0 Å². The molecular formula is C19H12N4O6. The molecule has 0 amide bonds. The van der Waals surface area contributed by atoms with E-state index in [-0.39, 0.29) is 5.56 Å². The first-order valence-electron chi connectivity index (χ1n) is 8.15. The number of carbonyl (C=O) groups excluding carboxylic acids is 1. The Hall–Kier alpha value is -4.47. The predicted molar refractivity (Wildman–Crippen MR) is 101 cm³/mol. The lowest BCUT2D eigenvalue weighted by atomic mass is 10.0. The molecule has 0 spiro atoms. The third-order valence-electron chi connectivity index (χ3n) is 3.78. The minimum Gasteiger partial charge on any atom is -0.312 e. The van der Waals surface area contributed by atoms with Crippen molar-refractivity contribution in [2.45, 2.75) is 0 Å². The number of benzene rings is 2. The van der Waals surface area contributed by atoms with Gasteiger partial charge in [0.05, 0.1) is 21.5 Å². The van der Waals surface area contributed by atoms with E-state index in [0.717, 1.165) is 18.2 Å². The number of nitrogens with zero attached hydrogens (tertiary/aromatic N) is 4. The highest BCUT2D eigenvalue weighted by atomic mass is 16.7. The second-order valence-electron chi connectivity index (χ2n) is 5.67. The SMILES string of the molecule is O=C(O/N=C(\c1ccccc1)c1ccncc1)c1cc([N+](=O)[O-])cc([N+](=O)[O-])c1. The number of nitro benzene ring substituents is 2. The molecule has 1 aromatic heterocycles.